The van der Waals surface area contributed by atoms with Crippen molar-refractivity contribution in [1.82, 2.24) is 15.2 Å². The first-order chi connectivity index (χ1) is 12.2. The van der Waals surface area contributed by atoms with Crippen LogP contribution >= 0.6 is 11.3 Å². The van der Waals surface area contributed by atoms with Crippen LogP contribution in [0.2, 0.25) is 0 Å². The van der Waals surface area contributed by atoms with Crippen LogP contribution in [0.5, 0.6) is 5.75 Å². The summed E-state index contributed by atoms with van der Waals surface area (Å²) in [6.45, 7) is 3.94. The molecule has 5 nitrogen and oxygen atoms in total. The number of likely N-dealkylation sites (tertiary alicyclic amines) is 1. The second-order valence-electron chi connectivity index (χ2n) is 6.98. The van der Waals surface area contributed by atoms with E-state index >= 15 is 0 Å². The van der Waals surface area contributed by atoms with Gasteiger partial charge in [0, 0.05) is 25.2 Å². The van der Waals surface area contributed by atoms with E-state index in [1.165, 1.54) is 17.8 Å². The second kappa shape index (κ2) is 6.77. The van der Waals surface area contributed by atoms with E-state index in [2.05, 4.69) is 10.3 Å². The molecule has 4 rings (SSSR count). The molecule has 6 heteroatoms. The van der Waals surface area contributed by atoms with Crippen LogP contribution in [0.25, 0.3) is 10.6 Å². The van der Waals surface area contributed by atoms with Crippen molar-refractivity contribution in [3.05, 3.63) is 35.3 Å². The molecule has 1 amide bonds. The average Bonchev–Trinajstić information content (AvgIpc) is 3.32. The molecule has 1 aromatic carbocycles. The molecule has 25 heavy (non-hydrogen) atoms. The molecule has 2 fully saturated rings. The molecule has 2 aromatic rings. The van der Waals surface area contributed by atoms with Crippen LogP contribution in [0.1, 0.15) is 28.9 Å². The minimum atomic E-state index is 0.123. The quantitative estimate of drug-likeness (QED) is 0.917. The van der Waals surface area contributed by atoms with E-state index in [1.54, 1.807) is 13.3 Å². The molecule has 0 saturated carbocycles. The lowest BCUT2D eigenvalue weighted by molar-refractivity contribution is 0.0612. The Labute approximate surface area is 152 Å². The van der Waals surface area contributed by atoms with Crippen molar-refractivity contribution < 1.29 is 9.53 Å². The second-order valence-corrected chi connectivity index (χ2v) is 8.01. The third-order valence-corrected chi connectivity index (χ3v) is 6.53. The number of piperidine rings is 1. The number of carbonyl (C=O) groups excluding carboxylic acids is 1. The Morgan fingerprint density at radius 1 is 1.24 bits per heavy atom. The van der Waals surface area contributed by atoms with Crippen molar-refractivity contribution >= 4 is 17.2 Å². The smallest absolute Gasteiger partial charge is 0.265 e. The van der Waals surface area contributed by atoms with Crippen LogP contribution in [-0.2, 0) is 0 Å². The van der Waals surface area contributed by atoms with Gasteiger partial charge in [-0.3, -0.25) is 4.79 Å². The lowest BCUT2D eigenvalue weighted by atomic mass is 9.78. The number of amides is 1. The monoisotopic (exact) mass is 357 g/mol. The number of hydrogen-bond acceptors (Lipinski definition) is 5. The molecule has 0 radical (unpaired) electrons. The van der Waals surface area contributed by atoms with E-state index in [4.69, 9.17) is 4.74 Å². The highest BCUT2D eigenvalue weighted by molar-refractivity contribution is 7.16. The summed E-state index contributed by atoms with van der Waals surface area (Å²) in [6, 6.07) is 7.78. The van der Waals surface area contributed by atoms with Gasteiger partial charge in [-0.1, -0.05) is 0 Å². The predicted octanol–water partition coefficient (Wildman–Crippen LogP) is 3.03. The number of rotatable bonds is 3. The highest BCUT2D eigenvalue weighted by Gasteiger charge is 2.38. The molecular weight excluding hydrogens is 334 g/mol. The molecule has 2 saturated heterocycles. The number of aromatic nitrogens is 1. The van der Waals surface area contributed by atoms with Crippen molar-refractivity contribution in [3.8, 4) is 16.3 Å². The van der Waals surface area contributed by atoms with Gasteiger partial charge in [0.15, 0.2) is 0 Å². The maximum atomic E-state index is 12.8. The SMILES string of the molecule is COc1ccc(-c2ncc(C(=O)N3CCC4(CCNC4)CC3)s2)cc1. The van der Waals surface area contributed by atoms with Gasteiger partial charge in [0.2, 0.25) is 0 Å². The van der Waals surface area contributed by atoms with E-state index < -0.39 is 0 Å². The first kappa shape index (κ1) is 16.5. The number of benzene rings is 1. The Bertz CT molecular complexity index is 740. The summed E-state index contributed by atoms with van der Waals surface area (Å²) in [5.41, 5.74) is 1.44. The van der Waals surface area contributed by atoms with Gasteiger partial charge in [0.1, 0.15) is 15.6 Å². The minimum absolute atomic E-state index is 0.123. The van der Waals surface area contributed by atoms with E-state index in [1.807, 2.05) is 29.2 Å². The van der Waals surface area contributed by atoms with Crippen LogP contribution < -0.4 is 10.1 Å². The highest BCUT2D eigenvalue weighted by Crippen LogP contribution is 2.37. The first-order valence-electron chi connectivity index (χ1n) is 8.79. The predicted molar refractivity (Wildman–Crippen MR) is 99.2 cm³/mol. The van der Waals surface area contributed by atoms with Gasteiger partial charge in [0.25, 0.3) is 5.91 Å². The Kier molecular flexibility index (Phi) is 4.48. The summed E-state index contributed by atoms with van der Waals surface area (Å²) in [5.74, 6) is 0.943. The standard InChI is InChI=1S/C19H23N3O2S/c1-24-15-4-2-14(3-5-15)17-21-12-16(25-17)18(23)22-10-7-19(8-11-22)6-9-20-13-19/h2-5,12,20H,6-11,13H2,1H3. The van der Waals surface area contributed by atoms with Gasteiger partial charge in [-0.05, 0) is 55.5 Å². The van der Waals surface area contributed by atoms with E-state index in [9.17, 15) is 4.79 Å². The van der Waals surface area contributed by atoms with Crippen LogP contribution in [0.15, 0.2) is 30.5 Å². The van der Waals surface area contributed by atoms with Gasteiger partial charge in [-0.25, -0.2) is 4.98 Å². The van der Waals surface area contributed by atoms with Gasteiger partial charge in [-0.15, -0.1) is 11.3 Å². The maximum absolute atomic E-state index is 12.8. The third-order valence-electron chi connectivity index (χ3n) is 5.50. The van der Waals surface area contributed by atoms with Gasteiger partial charge in [-0.2, -0.15) is 0 Å². The van der Waals surface area contributed by atoms with Crippen LogP contribution in [0, 0.1) is 5.41 Å². The van der Waals surface area contributed by atoms with Crippen LogP contribution in [0.4, 0.5) is 0 Å². The number of carbonyl (C=O) groups is 1. The summed E-state index contributed by atoms with van der Waals surface area (Å²) in [5, 5.41) is 4.34. The fourth-order valence-electron chi connectivity index (χ4n) is 3.80. The molecular formula is C19H23N3O2S. The Morgan fingerprint density at radius 3 is 2.64 bits per heavy atom. The fourth-order valence-corrected chi connectivity index (χ4v) is 4.69. The first-order valence-corrected chi connectivity index (χ1v) is 9.61. The molecule has 0 unspecified atom stereocenters. The van der Waals surface area contributed by atoms with Crippen LogP contribution in [0.3, 0.4) is 0 Å². The maximum Gasteiger partial charge on any atom is 0.265 e. The molecule has 0 bridgehead atoms. The molecule has 1 spiro atoms. The number of nitrogens with zero attached hydrogens (tertiary/aromatic N) is 2. The van der Waals surface area contributed by atoms with Crippen molar-refractivity contribution in [2.75, 3.05) is 33.3 Å². The van der Waals surface area contributed by atoms with Crippen molar-refractivity contribution in [3.63, 3.8) is 0 Å². The Balaban J connectivity index is 1.43. The number of hydrogen-bond donors (Lipinski definition) is 1. The molecule has 1 N–H and O–H groups in total. The normalized spacial score (nSPS) is 19.3. The Hall–Kier alpha value is -1.92. The van der Waals surface area contributed by atoms with E-state index in [0.717, 1.165) is 60.2 Å². The van der Waals surface area contributed by atoms with E-state index in [0.29, 0.717) is 5.41 Å². The van der Waals surface area contributed by atoms with Gasteiger partial charge < -0.3 is 15.0 Å². The highest BCUT2D eigenvalue weighted by atomic mass is 32.1. The summed E-state index contributed by atoms with van der Waals surface area (Å²) in [4.78, 5) is 20.0. The largest absolute Gasteiger partial charge is 0.497 e. The molecule has 0 atom stereocenters. The molecule has 2 aliphatic rings. The van der Waals surface area contributed by atoms with Gasteiger partial charge >= 0.3 is 0 Å². The number of ether oxygens (including phenoxy) is 1. The number of nitrogens with one attached hydrogen (secondary N) is 1. The zero-order valence-corrected chi connectivity index (χ0v) is 15.3. The van der Waals surface area contributed by atoms with E-state index in [-0.39, 0.29) is 5.91 Å². The molecule has 132 valence electrons. The van der Waals surface area contributed by atoms with Crippen molar-refractivity contribution in [2.24, 2.45) is 5.41 Å². The summed E-state index contributed by atoms with van der Waals surface area (Å²) in [7, 11) is 1.65. The summed E-state index contributed by atoms with van der Waals surface area (Å²) < 4.78 is 5.19. The molecule has 0 aliphatic carbocycles. The van der Waals surface area contributed by atoms with Crippen molar-refractivity contribution in [1.29, 1.82) is 0 Å². The molecule has 1 aromatic heterocycles. The number of methoxy groups -OCH3 is 1. The van der Waals surface area contributed by atoms with Crippen molar-refractivity contribution in [2.45, 2.75) is 19.3 Å². The lowest BCUT2D eigenvalue weighted by Crippen LogP contribution is -2.43. The minimum Gasteiger partial charge on any atom is -0.497 e. The topological polar surface area (TPSA) is 54.5 Å². The molecule has 3 heterocycles. The number of thiazole rings is 1. The fraction of sp³-hybridized carbons (Fsp3) is 0.474. The lowest BCUT2D eigenvalue weighted by Gasteiger charge is -2.38. The zero-order chi connectivity index (χ0) is 17.3. The van der Waals surface area contributed by atoms with Crippen LogP contribution in [-0.4, -0.2) is 49.1 Å². The average molecular weight is 357 g/mol. The van der Waals surface area contributed by atoms with Gasteiger partial charge in [0.05, 0.1) is 13.3 Å². The molecule has 2 aliphatic heterocycles. The summed E-state index contributed by atoms with van der Waals surface area (Å²) >= 11 is 1.47. The third kappa shape index (κ3) is 3.28. The Morgan fingerprint density at radius 2 is 2.00 bits per heavy atom. The summed E-state index contributed by atoms with van der Waals surface area (Å²) in [6.07, 6.45) is 5.18. The zero-order valence-electron chi connectivity index (χ0n) is 14.5.